The number of carbonyl (C=O) groups is 1. The van der Waals surface area contributed by atoms with Crippen LogP contribution in [0.15, 0.2) is 6.20 Å². The van der Waals surface area contributed by atoms with E-state index in [1.165, 1.54) is 36.8 Å². The second kappa shape index (κ2) is 3.81. The highest BCUT2D eigenvalue weighted by Crippen LogP contribution is 2.48. The topological polar surface area (TPSA) is 62.2 Å². The van der Waals surface area contributed by atoms with Crippen molar-refractivity contribution in [1.82, 2.24) is 4.98 Å². The van der Waals surface area contributed by atoms with Crippen LogP contribution in [0.2, 0.25) is 0 Å². The molecule has 0 aliphatic heterocycles. The van der Waals surface area contributed by atoms with Crippen LogP contribution in [0.25, 0.3) is 0 Å². The highest BCUT2D eigenvalue weighted by atomic mass is 32.1. The summed E-state index contributed by atoms with van der Waals surface area (Å²) in [5, 5.41) is 12.7. The lowest BCUT2D eigenvalue weighted by atomic mass is 10.0. The van der Waals surface area contributed by atoms with Crippen molar-refractivity contribution in [2.24, 2.45) is 5.41 Å². The second-order valence-electron chi connectivity index (χ2n) is 4.04. The summed E-state index contributed by atoms with van der Waals surface area (Å²) in [6, 6.07) is 0. The molecule has 5 heteroatoms. The molecule has 82 valence electrons. The van der Waals surface area contributed by atoms with E-state index >= 15 is 0 Å². The molecule has 0 bridgehead atoms. The smallest absolute Gasteiger partial charge is 0.347 e. The summed E-state index contributed by atoms with van der Waals surface area (Å²) < 4.78 is 0. The van der Waals surface area contributed by atoms with E-state index in [1.807, 2.05) is 0 Å². The average molecular weight is 226 g/mol. The Morgan fingerprint density at radius 1 is 1.73 bits per heavy atom. The van der Waals surface area contributed by atoms with E-state index in [0.29, 0.717) is 15.4 Å². The summed E-state index contributed by atoms with van der Waals surface area (Å²) in [5.74, 6) is -0.905. The van der Waals surface area contributed by atoms with E-state index < -0.39 is 5.97 Å². The zero-order valence-electron chi connectivity index (χ0n) is 8.62. The Balaban J connectivity index is 1.91. The fourth-order valence-electron chi connectivity index (χ4n) is 1.55. The molecule has 1 saturated carbocycles. The van der Waals surface area contributed by atoms with Gasteiger partial charge in [0.25, 0.3) is 0 Å². The molecule has 0 unspecified atom stereocenters. The van der Waals surface area contributed by atoms with Crippen LogP contribution in [-0.2, 0) is 0 Å². The van der Waals surface area contributed by atoms with Crippen molar-refractivity contribution < 1.29 is 9.90 Å². The van der Waals surface area contributed by atoms with Crippen LogP contribution in [0.3, 0.4) is 0 Å². The van der Waals surface area contributed by atoms with E-state index in [1.54, 1.807) is 0 Å². The average Bonchev–Trinajstić information content (AvgIpc) is 2.85. The molecular formula is C10H14N2O2S. The summed E-state index contributed by atoms with van der Waals surface area (Å²) in [6.45, 7) is 3.11. The number of anilines is 1. The minimum absolute atomic E-state index is 0.291. The van der Waals surface area contributed by atoms with E-state index in [-0.39, 0.29) is 0 Å². The summed E-state index contributed by atoms with van der Waals surface area (Å²) >= 11 is 1.20. The predicted molar refractivity (Wildman–Crippen MR) is 59.5 cm³/mol. The zero-order valence-corrected chi connectivity index (χ0v) is 9.43. The molecule has 0 aromatic carbocycles. The van der Waals surface area contributed by atoms with E-state index in [2.05, 4.69) is 17.2 Å². The number of thiazole rings is 1. The Kier molecular flexibility index (Phi) is 2.65. The van der Waals surface area contributed by atoms with Crippen molar-refractivity contribution in [3.05, 3.63) is 11.1 Å². The van der Waals surface area contributed by atoms with Gasteiger partial charge in [0.05, 0.1) is 6.20 Å². The number of hydrogen-bond acceptors (Lipinski definition) is 4. The number of nitrogens with zero attached hydrogens (tertiary/aromatic N) is 1. The fourth-order valence-corrected chi connectivity index (χ4v) is 2.20. The second-order valence-corrected chi connectivity index (χ2v) is 5.07. The van der Waals surface area contributed by atoms with Crippen molar-refractivity contribution in [1.29, 1.82) is 0 Å². The number of aromatic nitrogens is 1. The van der Waals surface area contributed by atoms with Crippen molar-refractivity contribution in [2.75, 3.05) is 11.9 Å². The first-order valence-electron chi connectivity index (χ1n) is 5.08. The highest BCUT2D eigenvalue weighted by molar-refractivity contribution is 7.17. The molecule has 0 atom stereocenters. The lowest BCUT2D eigenvalue weighted by molar-refractivity contribution is 0.0702. The number of rotatable bonds is 5. The first kappa shape index (κ1) is 10.4. The molecule has 0 saturated heterocycles. The Morgan fingerprint density at radius 2 is 2.47 bits per heavy atom. The molecule has 2 N–H and O–H groups in total. The van der Waals surface area contributed by atoms with Crippen LogP contribution in [0.4, 0.5) is 5.13 Å². The van der Waals surface area contributed by atoms with Crippen LogP contribution >= 0.6 is 11.3 Å². The zero-order chi connectivity index (χ0) is 10.9. The summed E-state index contributed by atoms with van der Waals surface area (Å²) in [6.07, 6.45) is 5.12. The van der Waals surface area contributed by atoms with Crippen molar-refractivity contribution in [3.8, 4) is 0 Å². The van der Waals surface area contributed by atoms with Crippen molar-refractivity contribution in [3.63, 3.8) is 0 Å². The molecule has 1 aliphatic rings. The van der Waals surface area contributed by atoms with E-state index in [0.717, 1.165) is 6.54 Å². The Hall–Kier alpha value is -1.10. The molecule has 1 heterocycles. The van der Waals surface area contributed by atoms with Crippen LogP contribution in [0, 0.1) is 5.41 Å². The molecular weight excluding hydrogens is 212 g/mol. The van der Waals surface area contributed by atoms with Gasteiger partial charge in [-0.05, 0) is 24.7 Å². The molecule has 0 spiro atoms. The number of carboxylic acids is 1. The largest absolute Gasteiger partial charge is 0.477 e. The van der Waals surface area contributed by atoms with Gasteiger partial charge in [-0.2, -0.15) is 0 Å². The molecule has 1 aliphatic carbocycles. The first-order valence-corrected chi connectivity index (χ1v) is 5.90. The standard InChI is InChI=1S/C10H14N2O2S/c1-2-10(3-4-10)6-12-9-11-5-7(15-9)8(13)14/h5H,2-4,6H2,1H3,(H,11,12)(H,13,14). The lowest BCUT2D eigenvalue weighted by Crippen LogP contribution is -2.13. The molecule has 1 fully saturated rings. The number of carboxylic acid groups (broad SMARTS) is 1. The predicted octanol–water partition coefficient (Wildman–Crippen LogP) is 2.44. The van der Waals surface area contributed by atoms with Crippen LogP contribution in [0.1, 0.15) is 35.9 Å². The quantitative estimate of drug-likeness (QED) is 0.809. The molecule has 0 amide bonds. The minimum atomic E-state index is -0.905. The van der Waals surface area contributed by atoms with E-state index in [4.69, 9.17) is 5.11 Å². The minimum Gasteiger partial charge on any atom is -0.477 e. The van der Waals surface area contributed by atoms with E-state index in [9.17, 15) is 4.79 Å². The van der Waals surface area contributed by atoms with Crippen LogP contribution < -0.4 is 5.32 Å². The molecule has 15 heavy (non-hydrogen) atoms. The molecule has 1 aromatic heterocycles. The van der Waals surface area contributed by atoms with Crippen LogP contribution in [-0.4, -0.2) is 22.6 Å². The van der Waals surface area contributed by atoms with Gasteiger partial charge < -0.3 is 10.4 Å². The maximum atomic E-state index is 10.6. The van der Waals surface area contributed by atoms with Gasteiger partial charge in [-0.25, -0.2) is 9.78 Å². The third-order valence-electron chi connectivity index (χ3n) is 3.04. The first-order chi connectivity index (χ1) is 7.15. The number of hydrogen-bond donors (Lipinski definition) is 2. The van der Waals surface area contributed by atoms with Crippen molar-refractivity contribution >= 4 is 22.4 Å². The van der Waals surface area contributed by atoms with Gasteiger partial charge in [0.2, 0.25) is 0 Å². The molecule has 2 rings (SSSR count). The van der Waals surface area contributed by atoms with Crippen LogP contribution in [0.5, 0.6) is 0 Å². The lowest BCUT2D eigenvalue weighted by Gasteiger charge is -2.11. The third-order valence-corrected chi connectivity index (χ3v) is 3.98. The van der Waals surface area contributed by atoms with Crippen molar-refractivity contribution in [2.45, 2.75) is 26.2 Å². The monoisotopic (exact) mass is 226 g/mol. The summed E-state index contributed by atoms with van der Waals surface area (Å²) in [7, 11) is 0. The summed E-state index contributed by atoms with van der Waals surface area (Å²) in [5.41, 5.74) is 0.453. The molecule has 4 nitrogen and oxygen atoms in total. The van der Waals surface area contributed by atoms with Gasteiger partial charge in [-0.1, -0.05) is 18.3 Å². The normalized spacial score (nSPS) is 17.4. The van der Waals surface area contributed by atoms with Gasteiger partial charge in [-0.15, -0.1) is 0 Å². The van der Waals surface area contributed by atoms with Gasteiger partial charge in [-0.3, -0.25) is 0 Å². The maximum Gasteiger partial charge on any atom is 0.347 e. The van der Waals surface area contributed by atoms with Gasteiger partial charge in [0, 0.05) is 6.54 Å². The Bertz CT molecular complexity index is 371. The Morgan fingerprint density at radius 3 is 2.93 bits per heavy atom. The fraction of sp³-hybridized carbons (Fsp3) is 0.600. The molecule has 1 aromatic rings. The number of nitrogens with one attached hydrogen (secondary N) is 1. The maximum absolute atomic E-state index is 10.6. The SMILES string of the molecule is CCC1(CNc2ncc(C(=O)O)s2)CC1. The van der Waals surface area contributed by atoms with Gasteiger partial charge >= 0.3 is 5.97 Å². The summed E-state index contributed by atoms with van der Waals surface area (Å²) in [4.78, 5) is 14.9. The Labute approximate surface area is 92.3 Å². The van der Waals surface area contributed by atoms with Gasteiger partial charge in [0.1, 0.15) is 4.88 Å². The highest BCUT2D eigenvalue weighted by Gasteiger charge is 2.40. The number of aromatic carboxylic acids is 1. The third kappa shape index (κ3) is 2.28. The van der Waals surface area contributed by atoms with Gasteiger partial charge in [0.15, 0.2) is 5.13 Å². The molecule has 0 radical (unpaired) electrons.